The minimum Gasteiger partial charge on any atom is -0.0965 e. The number of rotatable bonds is 20. The maximum Gasteiger partial charge on any atom is 0.244 e. The van der Waals surface area contributed by atoms with Crippen LogP contribution < -0.4 is 0 Å². The molecule has 0 radical (unpaired) electrons. The highest BCUT2D eigenvalue weighted by molar-refractivity contribution is 6.18. The molecule has 0 amide bonds. The predicted octanol–water partition coefficient (Wildman–Crippen LogP) is 10.1. The molecule has 2 aromatic rings. The van der Waals surface area contributed by atoms with Crippen LogP contribution in [0.25, 0.3) is 0 Å². The van der Waals surface area contributed by atoms with Crippen molar-refractivity contribution < 1.29 is 0 Å². The van der Waals surface area contributed by atoms with Crippen LogP contribution in [-0.2, 0) is 6.42 Å². The van der Waals surface area contributed by atoms with Gasteiger partial charge in [0.05, 0.1) is 5.92 Å². The van der Waals surface area contributed by atoms with Crippen LogP contribution in [0.5, 0.6) is 0 Å². The molecule has 0 aromatic heterocycles. The van der Waals surface area contributed by atoms with E-state index in [9.17, 15) is 0 Å². The van der Waals surface area contributed by atoms with Gasteiger partial charge in [-0.1, -0.05) is 167 Å². The van der Waals surface area contributed by atoms with Crippen molar-refractivity contribution in [3.63, 3.8) is 0 Å². The fraction of sp³-hybridized carbons (Fsp3) is 0.559. The third-order valence-corrected chi connectivity index (χ3v) is 7.69. The van der Waals surface area contributed by atoms with Crippen LogP contribution in [0.15, 0.2) is 70.6 Å². The van der Waals surface area contributed by atoms with Crippen LogP contribution >= 0.6 is 0 Å². The normalized spacial score (nSPS) is 14.4. The number of aliphatic imine (C=N–C) groups is 2. The zero-order chi connectivity index (χ0) is 25.1. The Kier molecular flexibility index (Phi) is 14.1. The maximum absolute atomic E-state index is 4.68. The molecule has 2 heteroatoms. The van der Waals surface area contributed by atoms with Crippen molar-refractivity contribution in [3.05, 3.63) is 78.0 Å². The van der Waals surface area contributed by atoms with Crippen molar-refractivity contribution in [1.29, 1.82) is 0 Å². The Morgan fingerprint density at radius 3 is 1.58 bits per heavy atom. The highest BCUT2D eigenvalue weighted by Gasteiger charge is 2.36. The summed E-state index contributed by atoms with van der Waals surface area (Å²) < 4.78 is 0. The minimum atomic E-state index is 0.361. The molecule has 2 aromatic carbocycles. The summed E-state index contributed by atoms with van der Waals surface area (Å²) >= 11 is 0. The second kappa shape index (κ2) is 18.0. The van der Waals surface area contributed by atoms with Gasteiger partial charge in [-0.3, -0.25) is 0 Å². The van der Waals surface area contributed by atoms with Crippen molar-refractivity contribution in [2.45, 2.75) is 116 Å². The minimum absolute atomic E-state index is 0.361. The lowest BCUT2D eigenvalue weighted by atomic mass is 9.77. The van der Waals surface area contributed by atoms with E-state index in [1.54, 1.807) is 0 Å². The Morgan fingerprint density at radius 2 is 1.06 bits per heavy atom. The molecule has 3 rings (SSSR count). The molecule has 0 aliphatic carbocycles. The van der Waals surface area contributed by atoms with E-state index >= 15 is 0 Å². The molecule has 36 heavy (non-hydrogen) atoms. The number of unbranched alkanes of at least 4 members (excludes halogenated alkanes) is 13. The molecule has 1 aliphatic heterocycles. The first-order valence-electron chi connectivity index (χ1n) is 14.9. The first-order valence-corrected chi connectivity index (χ1v) is 14.9. The fourth-order valence-corrected chi connectivity index (χ4v) is 5.57. The van der Waals surface area contributed by atoms with E-state index in [4.69, 9.17) is 0 Å². The van der Waals surface area contributed by atoms with Gasteiger partial charge in [-0.15, -0.1) is 0 Å². The Labute approximate surface area is 221 Å². The van der Waals surface area contributed by atoms with Gasteiger partial charge in [-0.05, 0) is 24.0 Å². The van der Waals surface area contributed by atoms with E-state index in [0.29, 0.717) is 11.8 Å². The second-order valence-corrected chi connectivity index (χ2v) is 10.6. The molecule has 0 saturated carbocycles. The molecule has 2 unspecified atom stereocenters. The van der Waals surface area contributed by atoms with Gasteiger partial charge in [0, 0.05) is 5.92 Å². The highest BCUT2D eigenvalue weighted by atomic mass is 15.0. The molecule has 2 atom stereocenters. The molecule has 0 spiro atoms. The SMILES string of the molecule is CCCCCCCCCCCCCCCCC([C+]1N=CC=N1)C(Cc1ccccc1)c1ccccc1. The summed E-state index contributed by atoms with van der Waals surface area (Å²) in [5.41, 5.74) is 2.80. The van der Waals surface area contributed by atoms with Gasteiger partial charge in [0.15, 0.2) is 12.4 Å². The lowest BCUT2D eigenvalue weighted by Gasteiger charge is -2.26. The summed E-state index contributed by atoms with van der Waals surface area (Å²) in [6.45, 7) is 2.30. The van der Waals surface area contributed by atoms with E-state index < -0.39 is 0 Å². The molecule has 2 nitrogen and oxygen atoms in total. The molecule has 0 saturated heterocycles. The molecule has 0 fully saturated rings. The summed E-state index contributed by atoms with van der Waals surface area (Å²) in [5, 5.41) is 0. The summed E-state index contributed by atoms with van der Waals surface area (Å²) in [6, 6.07) is 21.9. The Morgan fingerprint density at radius 1 is 0.583 bits per heavy atom. The first kappa shape index (κ1) is 28.2. The van der Waals surface area contributed by atoms with Gasteiger partial charge in [0.25, 0.3) is 0 Å². The molecule has 1 heterocycles. The number of hydrogen-bond acceptors (Lipinski definition) is 2. The fourth-order valence-electron chi connectivity index (χ4n) is 5.57. The van der Waals surface area contributed by atoms with Crippen molar-refractivity contribution in [3.8, 4) is 0 Å². The zero-order valence-electron chi connectivity index (χ0n) is 22.8. The molecule has 1 aliphatic rings. The van der Waals surface area contributed by atoms with Gasteiger partial charge >= 0.3 is 0 Å². The molecule has 0 N–H and O–H groups in total. The largest absolute Gasteiger partial charge is 0.244 e. The lowest BCUT2D eigenvalue weighted by Crippen LogP contribution is -2.20. The van der Waals surface area contributed by atoms with Crippen LogP contribution in [0.4, 0.5) is 0 Å². The molecule has 194 valence electrons. The Hall–Kier alpha value is -2.35. The molecular formula is C34H49N2+. The van der Waals surface area contributed by atoms with E-state index in [1.165, 1.54) is 101 Å². The number of nitrogens with zero attached hydrogens (tertiary/aromatic N) is 2. The Bertz CT molecular complexity index is 830. The van der Waals surface area contributed by atoms with E-state index in [0.717, 1.165) is 19.0 Å². The van der Waals surface area contributed by atoms with Crippen LogP contribution in [0.1, 0.15) is 120 Å². The average molecular weight is 486 g/mol. The molecule has 0 bridgehead atoms. The van der Waals surface area contributed by atoms with E-state index in [-0.39, 0.29) is 0 Å². The molecular weight excluding hydrogens is 436 g/mol. The summed E-state index contributed by atoms with van der Waals surface area (Å²) in [6.07, 6.45) is 26.5. The monoisotopic (exact) mass is 485 g/mol. The standard InChI is InChI=1S/C34H49N2/c1-2-3-4-5-6-7-8-9-10-11-12-13-14-21-26-32(34-35-27-28-36-34)33(31-24-19-16-20-25-31)29-30-22-17-15-18-23-30/h15-20,22-25,27-28,32-33H,2-14,21,26,29H2,1H3/q+1. The number of benzene rings is 2. The summed E-state index contributed by atoms with van der Waals surface area (Å²) in [7, 11) is 0. The maximum atomic E-state index is 4.68. The predicted molar refractivity (Wildman–Crippen MR) is 158 cm³/mol. The van der Waals surface area contributed by atoms with Gasteiger partial charge in [0.1, 0.15) is 0 Å². The van der Waals surface area contributed by atoms with Crippen molar-refractivity contribution in [2.75, 3.05) is 0 Å². The van der Waals surface area contributed by atoms with Crippen LogP contribution in [0, 0.1) is 12.1 Å². The quantitative estimate of drug-likeness (QED) is 0.132. The van der Waals surface area contributed by atoms with Crippen molar-refractivity contribution in [2.24, 2.45) is 15.9 Å². The highest BCUT2D eigenvalue weighted by Crippen LogP contribution is 2.40. The van der Waals surface area contributed by atoms with E-state index in [2.05, 4.69) is 77.6 Å². The second-order valence-electron chi connectivity index (χ2n) is 10.6. The zero-order valence-corrected chi connectivity index (χ0v) is 22.8. The topological polar surface area (TPSA) is 24.7 Å². The van der Waals surface area contributed by atoms with Gasteiger partial charge in [-0.25, -0.2) is 0 Å². The third kappa shape index (κ3) is 10.7. The van der Waals surface area contributed by atoms with Gasteiger partial charge in [0.2, 0.25) is 6.17 Å². The van der Waals surface area contributed by atoms with Gasteiger partial charge in [-0.2, -0.15) is 0 Å². The van der Waals surface area contributed by atoms with E-state index in [1.807, 2.05) is 12.4 Å². The lowest BCUT2D eigenvalue weighted by molar-refractivity contribution is 0.382. The first-order chi connectivity index (χ1) is 17.9. The smallest absolute Gasteiger partial charge is 0.0965 e. The summed E-state index contributed by atoms with van der Waals surface area (Å²) in [5.74, 6) is 0.762. The number of hydrogen-bond donors (Lipinski definition) is 0. The van der Waals surface area contributed by atoms with Crippen molar-refractivity contribution in [1.82, 2.24) is 0 Å². The van der Waals surface area contributed by atoms with Gasteiger partial charge < -0.3 is 0 Å². The Balaban J connectivity index is 1.40. The van der Waals surface area contributed by atoms with Crippen molar-refractivity contribution >= 4 is 12.4 Å². The van der Waals surface area contributed by atoms with Crippen LogP contribution in [-0.4, -0.2) is 12.4 Å². The summed E-state index contributed by atoms with van der Waals surface area (Å²) in [4.78, 5) is 9.36. The van der Waals surface area contributed by atoms with Crippen LogP contribution in [0.2, 0.25) is 0 Å². The average Bonchev–Trinajstić information content (AvgIpc) is 3.46. The third-order valence-electron chi connectivity index (χ3n) is 7.69. The van der Waals surface area contributed by atoms with Crippen LogP contribution in [0.3, 0.4) is 0 Å².